The highest BCUT2D eigenvalue weighted by atomic mass is 16.5. The second kappa shape index (κ2) is 6.57. The topological polar surface area (TPSA) is 26.3 Å². The molecule has 0 spiro atoms. The molecule has 2 rings (SSSR count). The van der Waals surface area contributed by atoms with Crippen LogP contribution >= 0.6 is 0 Å². The Hall–Kier alpha value is -2.09. The maximum absolute atomic E-state index is 12.4. The van der Waals surface area contributed by atoms with Gasteiger partial charge < -0.3 is 4.74 Å². The zero-order valence-corrected chi connectivity index (χ0v) is 13.1. The van der Waals surface area contributed by atoms with Crippen molar-refractivity contribution in [2.24, 2.45) is 0 Å². The first-order valence-corrected chi connectivity index (χ1v) is 7.31. The molecule has 0 saturated carbocycles. The molecule has 0 saturated heterocycles. The molecule has 2 aromatic carbocycles. The average Bonchev–Trinajstić information content (AvgIpc) is 2.36. The van der Waals surface area contributed by atoms with E-state index in [1.807, 2.05) is 38.1 Å². The van der Waals surface area contributed by atoms with Crippen LogP contribution in [-0.4, -0.2) is 11.9 Å². The standard InChI is InChI=1S/C19H22O2/c1-13(2)21-18-7-5-6-17(12-18)19(20)11-16-9-14(3)8-15(4)10-16/h5-10,12-13H,11H2,1-4H3. The molecule has 0 amide bonds. The molecule has 0 unspecified atom stereocenters. The molecule has 0 heterocycles. The van der Waals surface area contributed by atoms with E-state index in [9.17, 15) is 4.79 Å². The molecule has 21 heavy (non-hydrogen) atoms. The van der Waals surface area contributed by atoms with Crippen LogP contribution in [0, 0.1) is 13.8 Å². The molecule has 2 aromatic rings. The lowest BCUT2D eigenvalue weighted by molar-refractivity contribution is 0.0992. The Morgan fingerprint density at radius 2 is 1.71 bits per heavy atom. The third kappa shape index (κ3) is 4.45. The molecule has 2 nitrogen and oxygen atoms in total. The van der Waals surface area contributed by atoms with Gasteiger partial charge in [-0.15, -0.1) is 0 Å². The third-order valence-electron chi connectivity index (χ3n) is 3.17. The predicted octanol–water partition coefficient (Wildman–Crippen LogP) is 4.52. The van der Waals surface area contributed by atoms with Gasteiger partial charge in [0.25, 0.3) is 0 Å². The molecule has 110 valence electrons. The summed E-state index contributed by atoms with van der Waals surface area (Å²) in [5, 5.41) is 0. The van der Waals surface area contributed by atoms with E-state index < -0.39 is 0 Å². The van der Waals surface area contributed by atoms with Crippen LogP contribution in [0.1, 0.15) is 40.9 Å². The lowest BCUT2D eigenvalue weighted by atomic mass is 9.99. The van der Waals surface area contributed by atoms with Crippen LogP contribution < -0.4 is 4.74 Å². The van der Waals surface area contributed by atoms with Crippen LogP contribution in [0.25, 0.3) is 0 Å². The van der Waals surface area contributed by atoms with Crippen LogP contribution in [0.15, 0.2) is 42.5 Å². The summed E-state index contributed by atoms with van der Waals surface area (Å²) in [5.74, 6) is 0.866. The Labute approximate surface area is 126 Å². The highest BCUT2D eigenvalue weighted by Gasteiger charge is 2.09. The highest BCUT2D eigenvalue weighted by Crippen LogP contribution is 2.17. The number of hydrogen-bond acceptors (Lipinski definition) is 2. The number of aryl methyl sites for hydroxylation is 2. The number of rotatable bonds is 5. The summed E-state index contributed by atoms with van der Waals surface area (Å²) in [6.45, 7) is 8.06. The number of ether oxygens (including phenoxy) is 1. The van der Waals surface area contributed by atoms with E-state index in [-0.39, 0.29) is 11.9 Å². The summed E-state index contributed by atoms with van der Waals surface area (Å²) in [4.78, 5) is 12.4. The quantitative estimate of drug-likeness (QED) is 0.754. The summed E-state index contributed by atoms with van der Waals surface area (Å²) in [6.07, 6.45) is 0.531. The maximum Gasteiger partial charge on any atom is 0.167 e. The monoisotopic (exact) mass is 282 g/mol. The van der Waals surface area contributed by atoms with E-state index in [2.05, 4.69) is 32.0 Å². The van der Waals surface area contributed by atoms with E-state index in [0.29, 0.717) is 12.0 Å². The van der Waals surface area contributed by atoms with Gasteiger partial charge in [0.15, 0.2) is 5.78 Å². The Kier molecular flexibility index (Phi) is 4.79. The van der Waals surface area contributed by atoms with Gasteiger partial charge in [-0.3, -0.25) is 4.79 Å². The third-order valence-corrected chi connectivity index (χ3v) is 3.17. The predicted molar refractivity (Wildman–Crippen MR) is 86.2 cm³/mol. The SMILES string of the molecule is Cc1cc(C)cc(CC(=O)c2cccc(OC(C)C)c2)c1. The fraction of sp³-hybridized carbons (Fsp3) is 0.316. The molecule has 0 bridgehead atoms. The Morgan fingerprint density at radius 3 is 2.33 bits per heavy atom. The number of ketones is 1. The number of carbonyl (C=O) groups excluding carboxylic acids is 1. The van der Waals surface area contributed by atoms with Crippen molar-refractivity contribution in [2.45, 2.75) is 40.2 Å². The molecule has 0 N–H and O–H groups in total. The average molecular weight is 282 g/mol. The second-order valence-corrected chi connectivity index (χ2v) is 5.79. The van der Waals surface area contributed by atoms with Crippen molar-refractivity contribution in [3.05, 3.63) is 64.7 Å². The molecular weight excluding hydrogens is 260 g/mol. The summed E-state index contributed by atoms with van der Waals surface area (Å²) >= 11 is 0. The van der Waals surface area contributed by atoms with Gasteiger partial charge in [0.05, 0.1) is 6.10 Å². The van der Waals surface area contributed by atoms with Gasteiger partial charge >= 0.3 is 0 Å². The summed E-state index contributed by atoms with van der Waals surface area (Å²) in [6, 6.07) is 13.7. The summed E-state index contributed by atoms with van der Waals surface area (Å²) in [5.41, 5.74) is 4.14. The van der Waals surface area contributed by atoms with Crippen molar-refractivity contribution in [3.8, 4) is 5.75 Å². The van der Waals surface area contributed by atoms with Gasteiger partial charge in [-0.25, -0.2) is 0 Å². The van der Waals surface area contributed by atoms with Crippen molar-refractivity contribution in [1.29, 1.82) is 0 Å². The second-order valence-electron chi connectivity index (χ2n) is 5.79. The van der Waals surface area contributed by atoms with Crippen molar-refractivity contribution in [2.75, 3.05) is 0 Å². The van der Waals surface area contributed by atoms with E-state index in [1.165, 1.54) is 11.1 Å². The molecule has 0 aliphatic heterocycles. The van der Waals surface area contributed by atoms with Crippen molar-refractivity contribution in [1.82, 2.24) is 0 Å². The lowest BCUT2D eigenvalue weighted by Gasteiger charge is -2.11. The van der Waals surface area contributed by atoms with Crippen molar-refractivity contribution in [3.63, 3.8) is 0 Å². The smallest absolute Gasteiger partial charge is 0.167 e. The fourth-order valence-corrected chi connectivity index (χ4v) is 2.47. The first kappa shape index (κ1) is 15.3. The van der Waals surface area contributed by atoms with Gasteiger partial charge in [0, 0.05) is 12.0 Å². The van der Waals surface area contributed by atoms with E-state index in [0.717, 1.165) is 11.3 Å². The Morgan fingerprint density at radius 1 is 1.05 bits per heavy atom. The zero-order valence-electron chi connectivity index (χ0n) is 13.1. The minimum Gasteiger partial charge on any atom is -0.491 e. The van der Waals surface area contributed by atoms with Crippen LogP contribution in [-0.2, 0) is 6.42 Å². The fourth-order valence-electron chi connectivity index (χ4n) is 2.47. The number of carbonyl (C=O) groups is 1. The number of Topliss-reactive ketones (excluding diaryl/α,β-unsaturated/α-hetero) is 1. The Balaban J connectivity index is 2.16. The van der Waals surface area contributed by atoms with E-state index in [1.54, 1.807) is 0 Å². The van der Waals surface area contributed by atoms with Crippen molar-refractivity contribution < 1.29 is 9.53 Å². The molecule has 0 fully saturated rings. The maximum atomic E-state index is 12.4. The first-order valence-electron chi connectivity index (χ1n) is 7.31. The minimum absolute atomic E-state index is 0.106. The van der Waals surface area contributed by atoms with Gasteiger partial charge in [0.2, 0.25) is 0 Å². The first-order chi connectivity index (χ1) is 9.94. The van der Waals surface area contributed by atoms with Crippen LogP contribution in [0.3, 0.4) is 0 Å². The summed E-state index contributed by atoms with van der Waals surface area (Å²) < 4.78 is 5.64. The molecule has 0 aliphatic rings. The number of hydrogen-bond donors (Lipinski definition) is 0. The van der Waals surface area contributed by atoms with Gasteiger partial charge in [-0.05, 0) is 45.4 Å². The van der Waals surface area contributed by atoms with Gasteiger partial charge in [-0.2, -0.15) is 0 Å². The molecule has 0 atom stereocenters. The largest absolute Gasteiger partial charge is 0.491 e. The normalized spacial score (nSPS) is 10.7. The van der Waals surface area contributed by atoms with E-state index >= 15 is 0 Å². The molecule has 0 aliphatic carbocycles. The molecule has 0 aromatic heterocycles. The molecule has 2 heteroatoms. The van der Waals surface area contributed by atoms with E-state index in [4.69, 9.17) is 4.74 Å². The lowest BCUT2D eigenvalue weighted by Crippen LogP contribution is -2.08. The van der Waals surface area contributed by atoms with Crippen LogP contribution in [0.2, 0.25) is 0 Å². The molecular formula is C19H22O2. The van der Waals surface area contributed by atoms with Gasteiger partial charge in [0.1, 0.15) is 5.75 Å². The van der Waals surface area contributed by atoms with Crippen molar-refractivity contribution >= 4 is 5.78 Å². The summed E-state index contributed by atoms with van der Waals surface area (Å²) in [7, 11) is 0. The van der Waals surface area contributed by atoms with Crippen LogP contribution in [0.4, 0.5) is 0 Å². The zero-order chi connectivity index (χ0) is 15.4. The van der Waals surface area contributed by atoms with Gasteiger partial charge in [-0.1, -0.05) is 41.5 Å². The molecule has 0 radical (unpaired) electrons. The van der Waals surface area contributed by atoms with Crippen LogP contribution in [0.5, 0.6) is 5.75 Å². The minimum atomic E-state index is 0.106. The Bertz CT molecular complexity index is 622. The highest BCUT2D eigenvalue weighted by molar-refractivity contribution is 5.97. The number of benzene rings is 2.